The van der Waals surface area contributed by atoms with Crippen molar-refractivity contribution in [2.75, 3.05) is 0 Å². The molecular formula is C12H11FN2O. The van der Waals surface area contributed by atoms with Gasteiger partial charge in [-0.3, -0.25) is 0 Å². The first kappa shape index (κ1) is 10.5. The zero-order chi connectivity index (χ0) is 11.7. The van der Waals surface area contributed by atoms with Crippen LogP contribution in [-0.4, -0.2) is 15.9 Å². The minimum absolute atomic E-state index is 0.342. The highest BCUT2D eigenvalue weighted by molar-refractivity contribution is 6.01. The highest BCUT2D eigenvalue weighted by atomic mass is 19.1. The molecule has 2 aromatic rings. The Kier molecular flexibility index (Phi) is 2.56. The lowest BCUT2D eigenvalue weighted by molar-refractivity contribution is 0.319. The highest BCUT2D eigenvalue weighted by Crippen LogP contribution is 2.19. The number of hydrogen-bond acceptors (Lipinski definition) is 3. The summed E-state index contributed by atoms with van der Waals surface area (Å²) in [5.41, 5.74) is 2.18. The molecule has 0 aliphatic heterocycles. The summed E-state index contributed by atoms with van der Waals surface area (Å²) in [4.78, 5) is 4.18. The van der Waals surface area contributed by atoms with E-state index in [1.165, 1.54) is 6.07 Å². The van der Waals surface area contributed by atoms with Crippen LogP contribution >= 0.6 is 0 Å². The van der Waals surface area contributed by atoms with E-state index in [9.17, 15) is 4.39 Å². The summed E-state index contributed by atoms with van der Waals surface area (Å²) >= 11 is 0. The van der Waals surface area contributed by atoms with Crippen LogP contribution in [0.3, 0.4) is 0 Å². The first-order chi connectivity index (χ1) is 7.63. The van der Waals surface area contributed by atoms with Gasteiger partial charge in [0.15, 0.2) is 0 Å². The van der Waals surface area contributed by atoms with Crippen molar-refractivity contribution in [3.63, 3.8) is 0 Å². The van der Waals surface area contributed by atoms with Crippen molar-refractivity contribution in [2.45, 2.75) is 13.8 Å². The normalized spacial score (nSPS) is 12.1. The maximum Gasteiger partial charge on any atom is 0.149 e. The third-order valence-corrected chi connectivity index (χ3v) is 2.53. The molecule has 1 heterocycles. The largest absolute Gasteiger partial charge is 0.411 e. The molecule has 0 amide bonds. The number of pyridine rings is 1. The Morgan fingerprint density at radius 2 is 2.19 bits per heavy atom. The van der Waals surface area contributed by atoms with Crippen molar-refractivity contribution in [2.24, 2.45) is 5.16 Å². The van der Waals surface area contributed by atoms with Gasteiger partial charge in [0.05, 0.1) is 5.71 Å². The minimum atomic E-state index is -0.342. The molecule has 4 heteroatoms. The second-order valence-corrected chi connectivity index (χ2v) is 3.62. The highest BCUT2D eigenvalue weighted by Gasteiger charge is 2.08. The van der Waals surface area contributed by atoms with Gasteiger partial charge in [0, 0.05) is 16.6 Å². The van der Waals surface area contributed by atoms with E-state index in [1.54, 1.807) is 32.0 Å². The Labute approximate surface area is 92.2 Å². The number of aromatic nitrogens is 1. The molecule has 0 radical (unpaired) electrons. The predicted octanol–water partition coefficient (Wildman–Crippen LogP) is 2.88. The van der Waals surface area contributed by atoms with Gasteiger partial charge in [-0.15, -0.1) is 0 Å². The van der Waals surface area contributed by atoms with Crippen LogP contribution in [-0.2, 0) is 0 Å². The van der Waals surface area contributed by atoms with Crippen LogP contribution < -0.4 is 0 Å². The fourth-order valence-corrected chi connectivity index (χ4v) is 1.67. The smallest absolute Gasteiger partial charge is 0.149 e. The Bertz CT molecular complexity index is 578. The van der Waals surface area contributed by atoms with Crippen LogP contribution in [0.15, 0.2) is 29.4 Å². The molecule has 1 aromatic heterocycles. The third kappa shape index (κ3) is 1.62. The third-order valence-electron chi connectivity index (χ3n) is 2.53. The second-order valence-electron chi connectivity index (χ2n) is 3.62. The number of para-hydroxylation sites is 1. The van der Waals surface area contributed by atoms with Gasteiger partial charge >= 0.3 is 0 Å². The van der Waals surface area contributed by atoms with Crippen molar-refractivity contribution in [1.29, 1.82) is 0 Å². The molecule has 0 aliphatic rings. The molecule has 1 N–H and O–H groups in total. The topological polar surface area (TPSA) is 45.5 Å². The average Bonchev–Trinajstić information content (AvgIpc) is 2.29. The van der Waals surface area contributed by atoms with Gasteiger partial charge in [0.25, 0.3) is 0 Å². The number of hydrogen-bond donors (Lipinski definition) is 1. The first-order valence-corrected chi connectivity index (χ1v) is 4.88. The Morgan fingerprint density at radius 1 is 1.44 bits per heavy atom. The van der Waals surface area contributed by atoms with Gasteiger partial charge < -0.3 is 5.21 Å². The average molecular weight is 218 g/mol. The summed E-state index contributed by atoms with van der Waals surface area (Å²) in [5, 5.41) is 12.6. The van der Waals surface area contributed by atoms with E-state index >= 15 is 0 Å². The molecular weight excluding hydrogens is 207 g/mol. The van der Waals surface area contributed by atoms with Crippen molar-refractivity contribution in [3.8, 4) is 0 Å². The van der Waals surface area contributed by atoms with Crippen molar-refractivity contribution < 1.29 is 9.60 Å². The zero-order valence-electron chi connectivity index (χ0n) is 9.03. The summed E-state index contributed by atoms with van der Waals surface area (Å²) in [6, 6.07) is 6.56. The fourth-order valence-electron chi connectivity index (χ4n) is 1.67. The molecule has 0 atom stereocenters. The van der Waals surface area contributed by atoms with E-state index in [0.29, 0.717) is 22.3 Å². The number of aryl methyl sites for hydroxylation is 1. The zero-order valence-corrected chi connectivity index (χ0v) is 9.03. The number of oxime groups is 1. The molecule has 0 aliphatic carbocycles. The van der Waals surface area contributed by atoms with Gasteiger partial charge in [-0.05, 0) is 26.0 Å². The van der Waals surface area contributed by atoms with Crippen molar-refractivity contribution in [3.05, 3.63) is 41.3 Å². The standard InChI is InChI=1S/C12H11FN2O/c1-7-10(8(2)15-16)6-9-4-3-5-11(13)12(9)14-7/h3-6,16H,1-2H3/b15-8-. The molecule has 16 heavy (non-hydrogen) atoms. The summed E-state index contributed by atoms with van der Waals surface area (Å²) in [7, 11) is 0. The van der Waals surface area contributed by atoms with Gasteiger partial charge in [-0.25, -0.2) is 9.37 Å². The molecule has 0 unspecified atom stereocenters. The van der Waals surface area contributed by atoms with Crippen LogP contribution in [0.5, 0.6) is 0 Å². The molecule has 82 valence electrons. The van der Waals surface area contributed by atoms with Crippen LogP contribution in [0.4, 0.5) is 4.39 Å². The quantitative estimate of drug-likeness (QED) is 0.454. The van der Waals surface area contributed by atoms with E-state index in [-0.39, 0.29) is 5.82 Å². The van der Waals surface area contributed by atoms with Crippen molar-refractivity contribution >= 4 is 16.6 Å². The lowest BCUT2D eigenvalue weighted by Crippen LogP contribution is -2.01. The summed E-state index contributed by atoms with van der Waals surface area (Å²) < 4.78 is 13.4. The lowest BCUT2D eigenvalue weighted by Gasteiger charge is -2.06. The maximum atomic E-state index is 13.4. The number of benzene rings is 1. The number of nitrogens with zero attached hydrogens (tertiary/aromatic N) is 2. The number of rotatable bonds is 1. The monoisotopic (exact) mass is 218 g/mol. The Balaban J connectivity index is 2.77. The molecule has 0 fully saturated rings. The Hall–Kier alpha value is -1.97. The van der Waals surface area contributed by atoms with Gasteiger partial charge in [0.2, 0.25) is 0 Å². The molecule has 0 saturated carbocycles. The SMILES string of the molecule is C/C(=N/O)c1cc2cccc(F)c2nc1C. The first-order valence-electron chi connectivity index (χ1n) is 4.88. The molecule has 1 aromatic carbocycles. The number of halogens is 1. The lowest BCUT2D eigenvalue weighted by atomic mass is 10.1. The van der Waals surface area contributed by atoms with Crippen LogP contribution in [0.1, 0.15) is 18.2 Å². The molecule has 0 saturated heterocycles. The summed E-state index contributed by atoms with van der Waals surface area (Å²) in [5.74, 6) is -0.342. The fraction of sp³-hybridized carbons (Fsp3) is 0.167. The molecule has 0 bridgehead atoms. The molecule has 0 spiro atoms. The summed E-state index contributed by atoms with van der Waals surface area (Å²) in [6.07, 6.45) is 0. The predicted molar refractivity (Wildman–Crippen MR) is 60.4 cm³/mol. The van der Waals surface area contributed by atoms with E-state index < -0.39 is 0 Å². The minimum Gasteiger partial charge on any atom is -0.411 e. The van der Waals surface area contributed by atoms with Gasteiger partial charge in [-0.1, -0.05) is 17.3 Å². The van der Waals surface area contributed by atoms with E-state index in [0.717, 1.165) is 5.56 Å². The van der Waals surface area contributed by atoms with Gasteiger partial charge in [0.1, 0.15) is 11.3 Å². The van der Waals surface area contributed by atoms with E-state index in [1.807, 2.05) is 0 Å². The number of fused-ring (bicyclic) bond motifs is 1. The van der Waals surface area contributed by atoms with Crippen LogP contribution in [0.25, 0.3) is 10.9 Å². The van der Waals surface area contributed by atoms with E-state index in [4.69, 9.17) is 5.21 Å². The second kappa shape index (κ2) is 3.89. The van der Waals surface area contributed by atoms with Crippen LogP contribution in [0, 0.1) is 12.7 Å². The van der Waals surface area contributed by atoms with Crippen LogP contribution in [0.2, 0.25) is 0 Å². The maximum absolute atomic E-state index is 13.4. The van der Waals surface area contributed by atoms with E-state index in [2.05, 4.69) is 10.1 Å². The molecule has 3 nitrogen and oxygen atoms in total. The Morgan fingerprint density at radius 3 is 2.88 bits per heavy atom. The molecule has 2 rings (SSSR count). The van der Waals surface area contributed by atoms with Crippen molar-refractivity contribution in [1.82, 2.24) is 4.98 Å². The summed E-state index contributed by atoms with van der Waals surface area (Å²) in [6.45, 7) is 3.44. The van der Waals surface area contributed by atoms with Gasteiger partial charge in [-0.2, -0.15) is 0 Å².